The molecule has 102 valence electrons. The molecule has 0 atom stereocenters. The number of rotatable bonds is 5. The van der Waals surface area contributed by atoms with Gasteiger partial charge in [-0.05, 0) is 23.6 Å². The van der Waals surface area contributed by atoms with Crippen LogP contribution in [0.5, 0.6) is 0 Å². The van der Waals surface area contributed by atoms with Crippen LogP contribution in [-0.4, -0.2) is 17.4 Å². The lowest BCUT2D eigenvalue weighted by atomic mass is 10.3. The number of hydrogen-bond acceptors (Lipinski definition) is 4. The Morgan fingerprint density at radius 1 is 1.25 bits per heavy atom. The molecule has 0 fully saturated rings. The van der Waals surface area contributed by atoms with E-state index >= 15 is 0 Å². The van der Waals surface area contributed by atoms with E-state index in [1.165, 1.54) is 0 Å². The highest BCUT2D eigenvalue weighted by molar-refractivity contribution is 7.10. The highest BCUT2D eigenvalue weighted by Gasteiger charge is 2.07. The molecule has 0 saturated carbocycles. The van der Waals surface area contributed by atoms with Crippen LogP contribution < -0.4 is 5.32 Å². The average Bonchev–Trinajstić information content (AvgIpc) is 3.07. The molecule has 1 aromatic carbocycles. The van der Waals surface area contributed by atoms with Crippen molar-refractivity contribution in [2.75, 3.05) is 6.54 Å². The van der Waals surface area contributed by atoms with Crippen LogP contribution in [0.15, 0.2) is 46.2 Å². The molecule has 4 nitrogen and oxygen atoms in total. The lowest BCUT2D eigenvalue weighted by molar-refractivity contribution is -0.120. The Morgan fingerprint density at radius 3 is 2.95 bits per heavy atom. The molecular weight excluding hydrogens is 272 g/mol. The summed E-state index contributed by atoms with van der Waals surface area (Å²) in [6, 6.07) is 11.6. The molecule has 3 rings (SSSR count). The number of carbonyl (C=O) groups is 1. The van der Waals surface area contributed by atoms with E-state index in [1.54, 1.807) is 11.3 Å². The standard InChI is InChI=1S/C15H14N2O2S/c18-14(10-11-4-3-9-20-11)16-8-7-15-17-12-5-1-2-6-13(12)19-15/h1-6,9H,7-8,10H2,(H,16,18). The molecule has 1 amide bonds. The van der Waals surface area contributed by atoms with E-state index in [9.17, 15) is 4.79 Å². The highest BCUT2D eigenvalue weighted by Crippen LogP contribution is 2.14. The lowest BCUT2D eigenvalue weighted by Gasteiger charge is -2.01. The Bertz CT molecular complexity index is 671. The quantitative estimate of drug-likeness (QED) is 0.784. The number of hydrogen-bond donors (Lipinski definition) is 1. The Hall–Kier alpha value is -2.14. The number of carbonyl (C=O) groups excluding carboxylic acids is 1. The van der Waals surface area contributed by atoms with Crippen molar-refractivity contribution >= 4 is 28.3 Å². The van der Waals surface area contributed by atoms with Crippen LogP contribution >= 0.6 is 11.3 Å². The minimum absolute atomic E-state index is 0.0311. The summed E-state index contributed by atoms with van der Waals surface area (Å²) in [4.78, 5) is 17.2. The van der Waals surface area contributed by atoms with E-state index in [2.05, 4.69) is 10.3 Å². The normalized spacial score (nSPS) is 10.8. The van der Waals surface area contributed by atoms with Gasteiger partial charge in [-0.25, -0.2) is 4.98 Å². The van der Waals surface area contributed by atoms with Crippen LogP contribution in [0, 0.1) is 0 Å². The number of thiophene rings is 1. The van der Waals surface area contributed by atoms with E-state index < -0.39 is 0 Å². The first-order valence-corrected chi connectivity index (χ1v) is 7.33. The van der Waals surface area contributed by atoms with Gasteiger partial charge in [0.2, 0.25) is 5.91 Å². The lowest BCUT2D eigenvalue weighted by Crippen LogP contribution is -2.27. The van der Waals surface area contributed by atoms with Gasteiger partial charge in [0.25, 0.3) is 0 Å². The third kappa shape index (κ3) is 3.05. The van der Waals surface area contributed by atoms with Gasteiger partial charge in [-0.3, -0.25) is 4.79 Å². The number of para-hydroxylation sites is 2. The second-order valence-corrected chi connectivity index (χ2v) is 5.46. The number of nitrogens with one attached hydrogen (secondary N) is 1. The molecule has 0 bridgehead atoms. The van der Waals surface area contributed by atoms with Crippen molar-refractivity contribution in [3.05, 3.63) is 52.5 Å². The van der Waals surface area contributed by atoms with E-state index in [0.717, 1.165) is 16.0 Å². The van der Waals surface area contributed by atoms with E-state index in [1.807, 2.05) is 41.8 Å². The van der Waals surface area contributed by atoms with E-state index in [4.69, 9.17) is 4.42 Å². The minimum Gasteiger partial charge on any atom is -0.441 e. The summed E-state index contributed by atoms with van der Waals surface area (Å²) in [6.07, 6.45) is 1.04. The summed E-state index contributed by atoms with van der Waals surface area (Å²) in [5.74, 6) is 0.686. The molecule has 20 heavy (non-hydrogen) atoms. The van der Waals surface area contributed by atoms with Crippen molar-refractivity contribution in [2.24, 2.45) is 0 Å². The van der Waals surface area contributed by atoms with Gasteiger partial charge in [0.15, 0.2) is 11.5 Å². The first-order chi connectivity index (χ1) is 9.81. The van der Waals surface area contributed by atoms with Gasteiger partial charge in [0.05, 0.1) is 6.42 Å². The number of amides is 1. The number of nitrogens with zero attached hydrogens (tertiary/aromatic N) is 1. The molecule has 3 aromatic rings. The van der Waals surface area contributed by atoms with Crippen molar-refractivity contribution in [3.63, 3.8) is 0 Å². The Kier molecular flexibility index (Phi) is 3.78. The maximum absolute atomic E-state index is 11.7. The largest absolute Gasteiger partial charge is 0.441 e. The van der Waals surface area contributed by atoms with Crippen LogP contribution in [0.2, 0.25) is 0 Å². The molecule has 0 aliphatic heterocycles. The summed E-state index contributed by atoms with van der Waals surface area (Å²) in [5.41, 5.74) is 1.64. The summed E-state index contributed by atoms with van der Waals surface area (Å²) in [5, 5.41) is 4.85. The molecule has 2 aromatic heterocycles. The molecule has 0 spiro atoms. The molecule has 2 heterocycles. The number of benzene rings is 1. The summed E-state index contributed by atoms with van der Waals surface area (Å²) >= 11 is 1.59. The maximum Gasteiger partial charge on any atom is 0.225 e. The van der Waals surface area contributed by atoms with Gasteiger partial charge in [-0.15, -0.1) is 11.3 Å². The average molecular weight is 286 g/mol. The highest BCUT2D eigenvalue weighted by atomic mass is 32.1. The zero-order valence-electron chi connectivity index (χ0n) is 10.8. The fourth-order valence-electron chi connectivity index (χ4n) is 1.97. The van der Waals surface area contributed by atoms with Crippen molar-refractivity contribution in [1.29, 1.82) is 0 Å². The number of aromatic nitrogens is 1. The first-order valence-electron chi connectivity index (χ1n) is 6.45. The van der Waals surface area contributed by atoms with Crippen molar-refractivity contribution in [2.45, 2.75) is 12.8 Å². The smallest absolute Gasteiger partial charge is 0.225 e. The number of fused-ring (bicyclic) bond motifs is 1. The molecule has 1 N–H and O–H groups in total. The van der Waals surface area contributed by atoms with Crippen molar-refractivity contribution in [1.82, 2.24) is 10.3 Å². The van der Waals surface area contributed by atoms with Gasteiger partial charge in [0, 0.05) is 17.8 Å². The molecule has 0 saturated heterocycles. The van der Waals surface area contributed by atoms with Crippen molar-refractivity contribution < 1.29 is 9.21 Å². The third-order valence-corrected chi connectivity index (χ3v) is 3.79. The van der Waals surface area contributed by atoms with Gasteiger partial charge in [-0.1, -0.05) is 18.2 Å². The van der Waals surface area contributed by atoms with Gasteiger partial charge >= 0.3 is 0 Å². The Morgan fingerprint density at radius 2 is 2.15 bits per heavy atom. The van der Waals surface area contributed by atoms with Crippen LogP contribution in [0.3, 0.4) is 0 Å². The first kappa shape index (κ1) is 12.9. The van der Waals surface area contributed by atoms with Crippen LogP contribution in [0.4, 0.5) is 0 Å². The molecule has 0 unspecified atom stereocenters. The molecule has 0 radical (unpaired) electrons. The summed E-state index contributed by atoms with van der Waals surface area (Å²) < 4.78 is 5.60. The maximum atomic E-state index is 11.7. The molecular formula is C15H14N2O2S. The van der Waals surface area contributed by atoms with Crippen LogP contribution in [0.25, 0.3) is 11.1 Å². The summed E-state index contributed by atoms with van der Waals surface area (Å²) in [7, 11) is 0. The van der Waals surface area contributed by atoms with E-state index in [0.29, 0.717) is 25.3 Å². The zero-order valence-corrected chi connectivity index (χ0v) is 11.7. The van der Waals surface area contributed by atoms with Crippen LogP contribution in [0.1, 0.15) is 10.8 Å². The predicted octanol–water partition coefficient (Wildman–Crippen LogP) is 2.79. The topological polar surface area (TPSA) is 55.1 Å². The van der Waals surface area contributed by atoms with Gasteiger partial charge in [0.1, 0.15) is 5.52 Å². The molecule has 0 aliphatic carbocycles. The van der Waals surface area contributed by atoms with Crippen molar-refractivity contribution in [3.8, 4) is 0 Å². The third-order valence-electron chi connectivity index (χ3n) is 2.91. The Balaban J connectivity index is 1.51. The summed E-state index contributed by atoms with van der Waals surface area (Å²) in [6.45, 7) is 0.539. The second-order valence-electron chi connectivity index (χ2n) is 4.43. The fourth-order valence-corrected chi connectivity index (χ4v) is 2.67. The van der Waals surface area contributed by atoms with Gasteiger partial charge in [-0.2, -0.15) is 0 Å². The number of oxazole rings is 1. The SMILES string of the molecule is O=C(Cc1cccs1)NCCc1nc2ccccc2o1. The monoisotopic (exact) mass is 286 g/mol. The van der Waals surface area contributed by atoms with E-state index in [-0.39, 0.29) is 5.91 Å². The zero-order chi connectivity index (χ0) is 13.8. The molecule has 0 aliphatic rings. The van der Waals surface area contributed by atoms with Crippen LogP contribution in [-0.2, 0) is 17.6 Å². The second kappa shape index (κ2) is 5.88. The fraction of sp³-hybridized carbons (Fsp3) is 0.200. The Labute approximate surface area is 120 Å². The minimum atomic E-state index is 0.0311. The molecule has 5 heteroatoms. The van der Waals surface area contributed by atoms with Gasteiger partial charge < -0.3 is 9.73 Å². The predicted molar refractivity (Wildman–Crippen MR) is 78.7 cm³/mol.